The lowest BCUT2D eigenvalue weighted by Crippen LogP contribution is -2.31. The zero-order valence-electron chi connectivity index (χ0n) is 31.3. The number of aromatic nitrogens is 2. The molecule has 1 heterocycles. The number of hydrogen-bond acceptors (Lipinski definition) is 0. The second kappa shape index (κ2) is 13.6. The van der Waals surface area contributed by atoms with Crippen LogP contribution >= 0.6 is 0 Å². The third kappa shape index (κ3) is 5.78. The Morgan fingerprint density at radius 2 is 0.737 bits per heavy atom. The first-order chi connectivity index (χ1) is 28.2. The third-order valence-corrected chi connectivity index (χ3v) is 11.4. The van der Waals surface area contributed by atoms with Gasteiger partial charge < -0.3 is 0 Å². The van der Waals surface area contributed by atoms with Crippen LogP contribution < -0.4 is 4.57 Å². The number of para-hydroxylation sites is 2. The fraction of sp³-hybridized carbons (Fsp3) is 0. The second-order valence-corrected chi connectivity index (χ2v) is 14.8. The van der Waals surface area contributed by atoms with Gasteiger partial charge in [0, 0.05) is 22.3 Å². The van der Waals surface area contributed by atoms with Gasteiger partial charge in [0.1, 0.15) is 11.4 Å². The van der Waals surface area contributed by atoms with Crippen molar-refractivity contribution >= 4 is 43.1 Å². The highest BCUT2D eigenvalue weighted by Gasteiger charge is 2.31. The zero-order valence-corrected chi connectivity index (χ0v) is 31.3. The minimum atomic E-state index is 1.11. The van der Waals surface area contributed by atoms with Gasteiger partial charge in [0.05, 0.1) is 0 Å². The number of fused-ring (bicyclic) bond motifs is 4. The molecule has 10 aromatic carbocycles. The average Bonchev–Trinajstić information content (AvgIpc) is 3.68. The van der Waals surface area contributed by atoms with Gasteiger partial charge >= 0.3 is 0 Å². The summed E-state index contributed by atoms with van der Waals surface area (Å²) >= 11 is 0. The molecule has 0 aliphatic carbocycles. The van der Waals surface area contributed by atoms with Crippen molar-refractivity contribution in [2.75, 3.05) is 0 Å². The molecular weight excluding hydrogens is 689 g/mol. The first-order valence-corrected chi connectivity index (χ1v) is 19.6. The lowest BCUT2D eigenvalue weighted by atomic mass is 9.97. The smallest absolute Gasteiger partial charge is 0.193 e. The van der Waals surface area contributed by atoms with Crippen LogP contribution in [0.1, 0.15) is 0 Å². The fourth-order valence-corrected chi connectivity index (χ4v) is 8.64. The van der Waals surface area contributed by atoms with Crippen LogP contribution in [0.2, 0.25) is 0 Å². The van der Waals surface area contributed by atoms with Crippen molar-refractivity contribution in [1.29, 1.82) is 0 Å². The molecule has 0 amide bonds. The summed E-state index contributed by atoms with van der Waals surface area (Å²) in [5.74, 6) is 0. The molecule has 57 heavy (non-hydrogen) atoms. The Balaban J connectivity index is 1.16. The van der Waals surface area contributed by atoms with Crippen molar-refractivity contribution in [3.05, 3.63) is 225 Å². The summed E-state index contributed by atoms with van der Waals surface area (Å²) in [6, 6.07) is 79.5. The molecule has 2 nitrogen and oxygen atoms in total. The molecular formula is C55H37N2+. The zero-order chi connectivity index (χ0) is 37.7. The minimum Gasteiger partial charge on any atom is -0.193 e. The molecule has 0 N–H and O–H groups in total. The van der Waals surface area contributed by atoms with Crippen LogP contribution in [0.3, 0.4) is 0 Å². The molecule has 0 bridgehead atoms. The Morgan fingerprint density at radius 1 is 0.298 bits per heavy atom. The van der Waals surface area contributed by atoms with Gasteiger partial charge in [-0.05, 0) is 103 Å². The Bertz CT molecular complexity index is 3060. The molecule has 11 aromatic rings. The van der Waals surface area contributed by atoms with Crippen LogP contribution in [-0.2, 0) is 0 Å². The van der Waals surface area contributed by atoms with E-state index in [0.717, 1.165) is 33.9 Å². The van der Waals surface area contributed by atoms with Crippen molar-refractivity contribution in [1.82, 2.24) is 4.57 Å². The fourth-order valence-electron chi connectivity index (χ4n) is 8.64. The van der Waals surface area contributed by atoms with E-state index in [2.05, 4.69) is 234 Å². The number of hydrogen-bond donors (Lipinski definition) is 0. The van der Waals surface area contributed by atoms with Crippen molar-refractivity contribution < 1.29 is 4.57 Å². The number of nitrogens with zero attached hydrogens (tertiary/aromatic N) is 2. The highest BCUT2D eigenvalue weighted by molar-refractivity contribution is 6.01. The first-order valence-electron chi connectivity index (χ1n) is 19.6. The lowest BCUT2D eigenvalue weighted by molar-refractivity contribution is -0.582. The monoisotopic (exact) mass is 725 g/mol. The second-order valence-electron chi connectivity index (χ2n) is 14.8. The van der Waals surface area contributed by atoms with Crippen LogP contribution in [0.25, 0.3) is 99.2 Å². The molecule has 0 saturated carbocycles. The normalized spacial score (nSPS) is 11.5. The van der Waals surface area contributed by atoms with Crippen molar-refractivity contribution in [2.45, 2.75) is 0 Å². The first kappa shape index (κ1) is 32.8. The molecule has 0 spiro atoms. The lowest BCUT2D eigenvalue weighted by Gasteiger charge is -2.11. The molecule has 0 atom stereocenters. The van der Waals surface area contributed by atoms with E-state index in [-0.39, 0.29) is 0 Å². The Kier molecular flexibility index (Phi) is 7.86. The van der Waals surface area contributed by atoms with E-state index in [1.807, 2.05) is 0 Å². The van der Waals surface area contributed by atoms with Gasteiger partial charge in [-0.15, -0.1) is 0 Å². The molecule has 0 radical (unpaired) electrons. The Morgan fingerprint density at radius 3 is 1.33 bits per heavy atom. The minimum absolute atomic E-state index is 1.11. The van der Waals surface area contributed by atoms with E-state index in [1.54, 1.807) is 0 Å². The summed E-state index contributed by atoms with van der Waals surface area (Å²) in [5, 5.41) is 9.95. The molecule has 0 aliphatic rings. The molecule has 0 unspecified atom stereocenters. The van der Waals surface area contributed by atoms with Gasteiger partial charge in [0.2, 0.25) is 0 Å². The van der Waals surface area contributed by atoms with Gasteiger partial charge in [-0.3, -0.25) is 0 Å². The van der Waals surface area contributed by atoms with Crippen LogP contribution in [0.15, 0.2) is 225 Å². The van der Waals surface area contributed by atoms with Crippen LogP contribution in [-0.4, -0.2) is 4.57 Å². The van der Waals surface area contributed by atoms with Crippen LogP contribution in [0, 0.1) is 0 Å². The van der Waals surface area contributed by atoms with Gasteiger partial charge in [-0.2, -0.15) is 9.13 Å². The molecule has 266 valence electrons. The van der Waals surface area contributed by atoms with Crippen molar-refractivity contribution in [3.63, 3.8) is 0 Å². The summed E-state index contributed by atoms with van der Waals surface area (Å²) in [7, 11) is 0. The van der Waals surface area contributed by atoms with Crippen molar-refractivity contribution in [3.8, 4) is 56.1 Å². The maximum absolute atomic E-state index is 2.40. The number of rotatable bonds is 6. The summed E-state index contributed by atoms with van der Waals surface area (Å²) < 4.78 is 4.81. The molecule has 0 fully saturated rings. The predicted molar refractivity (Wildman–Crippen MR) is 239 cm³/mol. The summed E-state index contributed by atoms with van der Waals surface area (Å²) in [6.07, 6.45) is 2.30. The maximum Gasteiger partial charge on any atom is 0.255 e. The Labute approximate surface area is 331 Å². The largest absolute Gasteiger partial charge is 0.255 e. The van der Waals surface area contributed by atoms with Gasteiger partial charge in [0.25, 0.3) is 6.33 Å². The summed E-state index contributed by atoms with van der Waals surface area (Å²) in [5.41, 5.74) is 11.5. The average molecular weight is 726 g/mol. The van der Waals surface area contributed by atoms with E-state index >= 15 is 0 Å². The topological polar surface area (TPSA) is 8.81 Å². The standard InChI is InChI=1S/C55H37N2/c1-3-15-38(16-4-1)54-55(39-17-5-2-6-18-39)57(53-26-14-12-24-51(53)47-30-28-45-32-41-20-8-10-22-43(41)34-49(45)36-47)37-56(54)52-25-13-11-23-50(52)46-29-27-44-31-40-19-7-9-21-42(40)33-48(44)35-46/h1-37H/q+1. The van der Waals surface area contributed by atoms with E-state index < -0.39 is 0 Å². The van der Waals surface area contributed by atoms with E-state index in [4.69, 9.17) is 0 Å². The van der Waals surface area contributed by atoms with Gasteiger partial charge in [-0.1, -0.05) is 170 Å². The highest BCUT2D eigenvalue weighted by Crippen LogP contribution is 2.39. The molecule has 1 aromatic heterocycles. The summed E-state index contributed by atoms with van der Waals surface area (Å²) in [6.45, 7) is 0. The quantitative estimate of drug-likeness (QED) is 0.119. The van der Waals surface area contributed by atoms with Crippen LogP contribution in [0.4, 0.5) is 0 Å². The predicted octanol–water partition coefficient (Wildman–Crippen LogP) is 14.0. The Hall–Kier alpha value is -7.55. The molecule has 11 rings (SSSR count). The highest BCUT2D eigenvalue weighted by atomic mass is 15.2. The third-order valence-electron chi connectivity index (χ3n) is 11.4. The molecule has 0 aliphatic heterocycles. The van der Waals surface area contributed by atoms with E-state index in [9.17, 15) is 0 Å². The molecule has 0 saturated heterocycles. The van der Waals surface area contributed by atoms with Crippen LogP contribution in [0.5, 0.6) is 0 Å². The van der Waals surface area contributed by atoms with E-state index in [1.165, 1.54) is 65.3 Å². The van der Waals surface area contributed by atoms with Crippen molar-refractivity contribution in [2.24, 2.45) is 0 Å². The number of imidazole rings is 1. The SMILES string of the molecule is c1ccc(-c2c(-c3ccccc3)[n+](-c3ccccc3-c3ccc4cc5ccccc5cc4c3)cn2-c2ccccc2-c2ccc3cc4ccccc4cc3c2)cc1. The number of benzene rings is 10. The maximum atomic E-state index is 2.40. The van der Waals surface area contributed by atoms with E-state index in [0.29, 0.717) is 0 Å². The van der Waals surface area contributed by atoms with Gasteiger partial charge in [-0.25, -0.2) is 0 Å². The molecule has 2 heteroatoms. The summed E-state index contributed by atoms with van der Waals surface area (Å²) in [4.78, 5) is 0. The van der Waals surface area contributed by atoms with Gasteiger partial charge in [0.15, 0.2) is 11.4 Å².